The van der Waals surface area contributed by atoms with E-state index in [9.17, 15) is 9.90 Å². The first-order valence-electron chi connectivity index (χ1n) is 9.65. The van der Waals surface area contributed by atoms with Crippen LogP contribution in [0.1, 0.15) is 61.7 Å². The minimum atomic E-state index is -0.801. The van der Waals surface area contributed by atoms with Crippen molar-refractivity contribution in [2.24, 2.45) is 13.0 Å². The molecular weight excluding hydrogens is 330 g/mol. The van der Waals surface area contributed by atoms with Gasteiger partial charge in [0, 0.05) is 32.3 Å². The van der Waals surface area contributed by atoms with Crippen molar-refractivity contribution in [3.05, 3.63) is 35.4 Å². The second-order valence-corrected chi connectivity index (χ2v) is 7.51. The molecule has 2 aromatic rings. The second kappa shape index (κ2) is 7.23. The number of aryl methyl sites for hydroxylation is 2. The Hall–Kier alpha value is -2.15. The van der Waals surface area contributed by atoms with Crippen LogP contribution < -0.4 is 0 Å². The number of nitrogens with zero attached hydrogens (tertiary/aromatic N) is 5. The summed E-state index contributed by atoms with van der Waals surface area (Å²) in [6, 6.07) is 3.73. The lowest BCUT2D eigenvalue weighted by Gasteiger charge is -2.28. The Morgan fingerprint density at radius 1 is 1.23 bits per heavy atom. The van der Waals surface area contributed by atoms with Crippen molar-refractivity contribution in [3.8, 4) is 0 Å². The van der Waals surface area contributed by atoms with E-state index in [1.54, 1.807) is 16.9 Å². The molecule has 0 bridgehead atoms. The maximum Gasteiger partial charge on any atom is 0.226 e. The third kappa shape index (κ3) is 3.28. The first-order chi connectivity index (χ1) is 12.6. The van der Waals surface area contributed by atoms with E-state index in [2.05, 4.69) is 10.2 Å². The monoisotopic (exact) mass is 357 g/mol. The molecule has 3 heterocycles. The fourth-order valence-electron chi connectivity index (χ4n) is 4.22. The van der Waals surface area contributed by atoms with Crippen LogP contribution in [-0.2, 0) is 24.9 Å². The van der Waals surface area contributed by atoms with E-state index < -0.39 is 6.10 Å². The molecule has 4 rings (SSSR count). The quantitative estimate of drug-likeness (QED) is 0.912. The molecule has 0 spiro atoms. The van der Waals surface area contributed by atoms with Gasteiger partial charge >= 0.3 is 0 Å². The molecule has 1 N–H and O–H groups in total. The van der Waals surface area contributed by atoms with Crippen molar-refractivity contribution in [1.82, 2.24) is 24.5 Å². The molecule has 1 aliphatic carbocycles. The van der Waals surface area contributed by atoms with Gasteiger partial charge in [0.25, 0.3) is 0 Å². The Labute approximate surface area is 153 Å². The molecule has 1 aliphatic heterocycles. The van der Waals surface area contributed by atoms with Crippen molar-refractivity contribution >= 4 is 5.91 Å². The van der Waals surface area contributed by atoms with E-state index in [0.717, 1.165) is 38.0 Å². The number of aliphatic hydroxyl groups is 1. The van der Waals surface area contributed by atoms with E-state index in [-0.39, 0.29) is 5.92 Å². The van der Waals surface area contributed by atoms with Crippen molar-refractivity contribution in [2.45, 2.75) is 57.7 Å². The molecule has 1 amide bonds. The van der Waals surface area contributed by atoms with E-state index in [0.29, 0.717) is 23.8 Å². The van der Waals surface area contributed by atoms with Gasteiger partial charge in [0.05, 0.1) is 23.6 Å². The van der Waals surface area contributed by atoms with Gasteiger partial charge in [-0.15, -0.1) is 0 Å². The molecule has 2 aromatic heterocycles. The summed E-state index contributed by atoms with van der Waals surface area (Å²) in [5.74, 6) is 0.491. The summed E-state index contributed by atoms with van der Waals surface area (Å²) in [5, 5.41) is 19.4. The van der Waals surface area contributed by atoms with Crippen molar-refractivity contribution < 1.29 is 9.90 Å². The molecule has 7 nitrogen and oxygen atoms in total. The van der Waals surface area contributed by atoms with E-state index in [1.165, 1.54) is 19.3 Å². The lowest BCUT2D eigenvalue weighted by atomic mass is 9.88. The highest BCUT2D eigenvalue weighted by atomic mass is 16.3. The van der Waals surface area contributed by atoms with Crippen LogP contribution in [0.15, 0.2) is 18.3 Å². The molecule has 26 heavy (non-hydrogen) atoms. The van der Waals surface area contributed by atoms with Crippen molar-refractivity contribution in [2.75, 3.05) is 6.54 Å². The standard InChI is InChI=1S/C19H27N5O2/c1-22-17(8-9-20-22)18(25)16-12-15-13-23(10-5-11-24(15)21-16)19(26)14-6-3-2-4-7-14/h8-9,12,14,18,25H,2-7,10-11,13H2,1H3/t18-/m0/s1. The summed E-state index contributed by atoms with van der Waals surface area (Å²) < 4.78 is 3.61. The van der Waals surface area contributed by atoms with Gasteiger partial charge in [-0.25, -0.2) is 0 Å². The highest BCUT2D eigenvalue weighted by Gasteiger charge is 2.29. The fourth-order valence-corrected chi connectivity index (χ4v) is 4.22. The van der Waals surface area contributed by atoms with E-state index in [1.807, 2.05) is 22.7 Å². The summed E-state index contributed by atoms with van der Waals surface area (Å²) in [5.41, 5.74) is 2.34. The average molecular weight is 357 g/mol. The van der Waals surface area contributed by atoms with Gasteiger partial charge < -0.3 is 10.0 Å². The zero-order valence-corrected chi connectivity index (χ0v) is 15.3. The molecular formula is C19H27N5O2. The van der Waals surface area contributed by atoms with Crippen LogP contribution >= 0.6 is 0 Å². The summed E-state index contributed by atoms with van der Waals surface area (Å²) in [7, 11) is 1.81. The molecule has 0 aromatic carbocycles. The average Bonchev–Trinajstić information content (AvgIpc) is 3.22. The normalized spacial score (nSPS) is 19.8. The Kier molecular flexibility index (Phi) is 4.80. The number of carbonyl (C=O) groups is 1. The molecule has 1 atom stereocenters. The number of amides is 1. The summed E-state index contributed by atoms with van der Waals surface area (Å²) >= 11 is 0. The molecule has 0 saturated heterocycles. The molecule has 7 heteroatoms. The number of aromatic nitrogens is 4. The highest BCUT2D eigenvalue weighted by Crippen LogP contribution is 2.28. The third-order valence-electron chi connectivity index (χ3n) is 5.72. The summed E-state index contributed by atoms with van der Waals surface area (Å²) in [4.78, 5) is 14.9. The lowest BCUT2D eigenvalue weighted by Crippen LogP contribution is -2.36. The molecule has 0 radical (unpaired) electrons. The highest BCUT2D eigenvalue weighted by molar-refractivity contribution is 5.79. The largest absolute Gasteiger partial charge is 0.380 e. The van der Waals surface area contributed by atoms with Gasteiger partial charge in [0.2, 0.25) is 5.91 Å². The van der Waals surface area contributed by atoms with E-state index >= 15 is 0 Å². The Morgan fingerprint density at radius 2 is 2.04 bits per heavy atom. The molecule has 140 valence electrons. The number of aliphatic hydroxyl groups excluding tert-OH is 1. The zero-order valence-electron chi connectivity index (χ0n) is 15.3. The third-order valence-corrected chi connectivity index (χ3v) is 5.72. The van der Waals surface area contributed by atoms with Crippen LogP contribution in [0, 0.1) is 5.92 Å². The van der Waals surface area contributed by atoms with Gasteiger partial charge in [-0.05, 0) is 31.4 Å². The van der Waals surface area contributed by atoms with Crippen LogP contribution in [0.2, 0.25) is 0 Å². The predicted molar refractivity (Wildman–Crippen MR) is 96.1 cm³/mol. The fraction of sp³-hybridized carbons (Fsp3) is 0.632. The number of fused-ring (bicyclic) bond motifs is 1. The van der Waals surface area contributed by atoms with Gasteiger partial charge in [-0.1, -0.05) is 19.3 Å². The van der Waals surface area contributed by atoms with Crippen molar-refractivity contribution in [1.29, 1.82) is 0 Å². The van der Waals surface area contributed by atoms with Crippen LogP contribution in [-0.4, -0.2) is 42.0 Å². The summed E-state index contributed by atoms with van der Waals surface area (Å²) in [6.45, 7) is 2.15. The predicted octanol–water partition coefficient (Wildman–Crippen LogP) is 2.01. The second-order valence-electron chi connectivity index (χ2n) is 7.51. The Morgan fingerprint density at radius 3 is 2.77 bits per heavy atom. The van der Waals surface area contributed by atoms with Crippen LogP contribution in [0.5, 0.6) is 0 Å². The SMILES string of the molecule is Cn1nccc1[C@@H](O)c1cc2n(n1)CCCN(C(=O)C1CCCCC1)C2. The topological polar surface area (TPSA) is 76.2 Å². The minimum Gasteiger partial charge on any atom is -0.380 e. The number of carbonyl (C=O) groups excluding carboxylic acids is 1. The first-order valence-corrected chi connectivity index (χ1v) is 9.65. The molecule has 1 fully saturated rings. The maximum atomic E-state index is 12.9. The van der Waals surface area contributed by atoms with Gasteiger partial charge in [-0.3, -0.25) is 14.2 Å². The number of hydrogen-bond donors (Lipinski definition) is 1. The zero-order chi connectivity index (χ0) is 18.1. The lowest BCUT2D eigenvalue weighted by molar-refractivity contribution is -0.137. The molecule has 0 unspecified atom stereocenters. The van der Waals surface area contributed by atoms with Crippen LogP contribution in [0.4, 0.5) is 0 Å². The van der Waals surface area contributed by atoms with Gasteiger partial charge in [0.1, 0.15) is 6.10 Å². The molecule has 2 aliphatic rings. The van der Waals surface area contributed by atoms with Gasteiger partial charge in [-0.2, -0.15) is 10.2 Å². The Balaban J connectivity index is 1.52. The molecule has 1 saturated carbocycles. The smallest absolute Gasteiger partial charge is 0.226 e. The van der Waals surface area contributed by atoms with Crippen molar-refractivity contribution in [3.63, 3.8) is 0 Å². The number of hydrogen-bond acceptors (Lipinski definition) is 4. The minimum absolute atomic E-state index is 0.192. The number of rotatable bonds is 3. The first kappa shape index (κ1) is 17.3. The van der Waals surface area contributed by atoms with E-state index in [4.69, 9.17) is 0 Å². The Bertz CT molecular complexity index is 775. The maximum absolute atomic E-state index is 12.9. The summed E-state index contributed by atoms with van der Waals surface area (Å²) in [6.07, 6.45) is 7.42. The van der Waals surface area contributed by atoms with Gasteiger partial charge in [0.15, 0.2) is 0 Å². The van der Waals surface area contributed by atoms with Crippen LogP contribution in [0.25, 0.3) is 0 Å². The van der Waals surface area contributed by atoms with Crippen LogP contribution in [0.3, 0.4) is 0 Å².